The second-order valence-electron chi connectivity index (χ2n) is 9.18. The average molecular weight is 558 g/mol. The van der Waals surface area contributed by atoms with Gasteiger partial charge in [-0.2, -0.15) is 5.26 Å². The van der Waals surface area contributed by atoms with E-state index in [-0.39, 0.29) is 5.78 Å². The van der Waals surface area contributed by atoms with Crippen LogP contribution < -0.4 is 4.74 Å². The lowest BCUT2D eigenvalue weighted by atomic mass is 9.92. The van der Waals surface area contributed by atoms with Crippen LogP contribution in [0.2, 0.25) is 0 Å². The van der Waals surface area contributed by atoms with E-state index in [1.165, 1.54) is 32.1 Å². The Labute approximate surface area is 252 Å². The first-order valence-corrected chi connectivity index (χ1v) is 15.1. The summed E-state index contributed by atoms with van der Waals surface area (Å²) in [6.45, 7) is 24.0. The predicted molar refractivity (Wildman–Crippen MR) is 181 cm³/mol. The molecule has 0 spiro atoms. The molecule has 3 nitrogen and oxygen atoms in total. The summed E-state index contributed by atoms with van der Waals surface area (Å²) >= 11 is 0. The van der Waals surface area contributed by atoms with Crippen LogP contribution in [-0.4, -0.2) is 12.9 Å². The molecule has 41 heavy (non-hydrogen) atoms. The summed E-state index contributed by atoms with van der Waals surface area (Å²) in [5.41, 5.74) is 7.38. The quantitative estimate of drug-likeness (QED) is 0.157. The number of rotatable bonds is 11. The zero-order valence-electron chi connectivity index (χ0n) is 27.8. The summed E-state index contributed by atoms with van der Waals surface area (Å²) < 4.78 is 5.52. The normalized spacial score (nSPS) is 11.2. The van der Waals surface area contributed by atoms with E-state index in [4.69, 9.17) is 4.74 Å². The van der Waals surface area contributed by atoms with Crippen LogP contribution >= 0.6 is 0 Å². The summed E-state index contributed by atoms with van der Waals surface area (Å²) in [6.07, 6.45) is 12.8. The molecule has 0 radical (unpaired) electrons. The van der Waals surface area contributed by atoms with Crippen LogP contribution in [-0.2, 0) is 0 Å². The van der Waals surface area contributed by atoms with Gasteiger partial charge in [0.05, 0.1) is 18.7 Å². The van der Waals surface area contributed by atoms with Crippen molar-refractivity contribution in [3.63, 3.8) is 0 Å². The third kappa shape index (κ3) is 14.5. The van der Waals surface area contributed by atoms with E-state index in [9.17, 15) is 10.1 Å². The van der Waals surface area contributed by atoms with E-state index in [0.29, 0.717) is 16.9 Å². The maximum Gasteiger partial charge on any atom is 0.159 e. The van der Waals surface area contributed by atoms with E-state index < -0.39 is 0 Å². The molecule has 2 aromatic rings. The molecule has 0 aliphatic rings. The van der Waals surface area contributed by atoms with Gasteiger partial charge in [0.25, 0.3) is 0 Å². The van der Waals surface area contributed by atoms with E-state index in [0.717, 1.165) is 33.4 Å². The molecule has 0 N–H and O–H groups in total. The molecule has 2 rings (SSSR count). The number of benzene rings is 2. The van der Waals surface area contributed by atoms with E-state index >= 15 is 0 Å². The van der Waals surface area contributed by atoms with Crippen molar-refractivity contribution in [3.8, 4) is 11.8 Å². The predicted octanol–water partition coefficient (Wildman–Crippen LogP) is 11.8. The van der Waals surface area contributed by atoms with Crippen molar-refractivity contribution in [1.29, 1.82) is 5.26 Å². The lowest BCUT2D eigenvalue weighted by Gasteiger charge is -2.13. The Morgan fingerprint density at radius 3 is 2.00 bits per heavy atom. The minimum Gasteiger partial charge on any atom is -0.496 e. The molecule has 0 saturated heterocycles. The van der Waals surface area contributed by atoms with Gasteiger partial charge in [-0.3, -0.25) is 4.79 Å². The lowest BCUT2D eigenvalue weighted by Crippen LogP contribution is -1.97. The molecule has 0 bridgehead atoms. The number of carbonyl (C=O) groups is 1. The number of Topliss-reactive ketones (excluding diaryl/α,β-unsaturated/α-hetero) is 1. The Hall–Kier alpha value is -3.64. The van der Waals surface area contributed by atoms with Crippen LogP contribution in [0.15, 0.2) is 78.4 Å². The van der Waals surface area contributed by atoms with E-state index in [2.05, 4.69) is 46.4 Å². The van der Waals surface area contributed by atoms with Crippen LogP contribution in [0.3, 0.4) is 0 Å². The lowest BCUT2D eigenvalue weighted by molar-refractivity contribution is 0.101. The van der Waals surface area contributed by atoms with Gasteiger partial charge in [-0.1, -0.05) is 123 Å². The monoisotopic (exact) mass is 557 g/mol. The van der Waals surface area contributed by atoms with Crippen molar-refractivity contribution in [2.24, 2.45) is 0 Å². The first kappa shape index (κ1) is 39.5. The molecule has 2 aromatic carbocycles. The van der Waals surface area contributed by atoms with Gasteiger partial charge < -0.3 is 4.74 Å². The number of carbonyl (C=O) groups excluding carboxylic acids is 1. The summed E-state index contributed by atoms with van der Waals surface area (Å²) in [7, 11) is 1.61. The van der Waals surface area contributed by atoms with Crippen LogP contribution in [0.25, 0.3) is 11.1 Å². The summed E-state index contributed by atoms with van der Waals surface area (Å²) in [4.78, 5) is 11.7. The number of nitriles is 1. The maximum atomic E-state index is 11.7. The Morgan fingerprint density at radius 2 is 1.51 bits per heavy atom. The Balaban J connectivity index is 0. The van der Waals surface area contributed by atoms with Gasteiger partial charge in [0, 0.05) is 11.1 Å². The molecule has 0 aliphatic carbocycles. The second-order valence-corrected chi connectivity index (χ2v) is 9.18. The maximum absolute atomic E-state index is 11.7. The molecule has 0 atom stereocenters. The number of nitrogens with zero attached hydrogens (tertiary/aromatic N) is 1. The van der Waals surface area contributed by atoms with Crippen LogP contribution in [0, 0.1) is 11.3 Å². The van der Waals surface area contributed by atoms with Gasteiger partial charge in [0.15, 0.2) is 5.78 Å². The molecule has 0 heterocycles. The zero-order valence-corrected chi connectivity index (χ0v) is 27.8. The first-order chi connectivity index (χ1) is 19.7. The highest BCUT2D eigenvalue weighted by molar-refractivity contribution is 5.95. The molecule has 3 heteroatoms. The largest absolute Gasteiger partial charge is 0.496 e. The number of ether oxygens (including phenoxy) is 1. The fourth-order valence-corrected chi connectivity index (χ4v) is 3.95. The van der Waals surface area contributed by atoms with Gasteiger partial charge in [0.1, 0.15) is 5.75 Å². The van der Waals surface area contributed by atoms with E-state index in [1.54, 1.807) is 32.2 Å². The fraction of sp³-hybridized carbons (Fsp3) is 0.421. The van der Waals surface area contributed by atoms with Crippen molar-refractivity contribution in [3.05, 3.63) is 101 Å². The third-order valence-electron chi connectivity index (χ3n) is 6.26. The Morgan fingerprint density at radius 1 is 0.902 bits per heavy atom. The smallest absolute Gasteiger partial charge is 0.159 e. The average Bonchev–Trinajstić information content (AvgIpc) is 3.01. The molecule has 224 valence electrons. The van der Waals surface area contributed by atoms with Crippen molar-refractivity contribution < 1.29 is 9.53 Å². The molecule has 0 amide bonds. The van der Waals surface area contributed by atoms with Crippen molar-refractivity contribution in [1.82, 2.24) is 0 Å². The number of hydrogen-bond acceptors (Lipinski definition) is 3. The summed E-state index contributed by atoms with van der Waals surface area (Å²) in [5, 5.41) is 9.23. The zero-order chi connectivity index (χ0) is 31.8. The third-order valence-corrected chi connectivity index (χ3v) is 6.26. The van der Waals surface area contributed by atoms with Gasteiger partial charge in [-0.15, -0.1) is 0 Å². The Bertz CT molecular complexity index is 1180. The van der Waals surface area contributed by atoms with Crippen LogP contribution in [0.4, 0.5) is 0 Å². The molecule has 0 fully saturated rings. The molecule has 0 saturated carbocycles. The van der Waals surface area contributed by atoms with Gasteiger partial charge in [-0.25, -0.2) is 0 Å². The minimum absolute atomic E-state index is 0.00667. The summed E-state index contributed by atoms with van der Waals surface area (Å²) in [6, 6.07) is 15.3. The Kier molecular flexibility index (Phi) is 23.3. The summed E-state index contributed by atoms with van der Waals surface area (Å²) in [5.74, 6) is 0.678. The highest BCUT2D eigenvalue weighted by atomic mass is 16.5. The highest BCUT2D eigenvalue weighted by Crippen LogP contribution is 2.31. The molecule has 0 unspecified atom stereocenters. The number of ketones is 1. The van der Waals surface area contributed by atoms with Crippen molar-refractivity contribution in [2.75, 3.05) is 7.11 Å². The molecular formula is C38H55NO2. The van der Waals surface area contributed by atoms with Crippen LogP contribution in [0.5, 0.6) is 5.75 Å². The van der Waals surface area contributed by atoms with Gasteiger partial charge in [0.2, 0.25) is 0 Å². The van der Waals surface area contributed by atoms with Crippen molar-refractivity contribution >= 4 is 16.9 Å². The van der Waals surface area contributed by atoms with Gasteiger partial charge >= 0.3 is 0 Å². The van der Waals surface area contributed by atoms with E-state index in [1.807, 2.05) is 71.0 Å². The molecular weight excluding hydrogens is 502 g/mol. The van der Waals surface area contributed by atoms with Gasteiger partial charge in [-0.05, 0) is 73.7 Å². The molecule has 0 aromatic heterocycles. The number of unbranched alkanes of at least 4 members (excludes halogenated alkanes) is 4. The SMILES string of the molecule is C=C\C=C(/C(C)=C(C)/C=C(\C)c1ccc(C(C)=O)cc1OC)c1cccc(C#N)c1.CC.CC.CCCCCCC. The second kappa shape index (κ2) is 24.2. The fourth-order valence-electron chi connectivity index (χ4n) is 3.95. The minimum atomic E-state index is 0.00667. The first-order valence-electron chi connectivity index (χ1n) is 15.1. The van der Waals surface area contributed by atoms with Crippen molar-refractivity contribution in [2.45, 2.75) is 101 Å². The molecule has 0 aliphatic heterocycles. The standard InChI is InChI=1S/C27H27NO2.C7H16.2C2H6/c1-7-9-26(24-11-8-10-22(15-24)17-28)20(4)18(2)14-19(3)25-13-12-23(21(5)29)16-27(25)30-6;1-3-5-7-6-4-2;2*1-2/h7-16H,1H2,2-6H3;3-7H2,1-2H3;2*1-2H3/b19-14+,20-18+,26-9+;;;. The number of hydrogen-bond donors (Lipinski definition) is 0. The number of allylic oxidation sites excluding steroid dienone is 7. The van der Waals surface area contributed by atoms with Crippen LogP contribution in [0.1, 0.15) is 128 Å². The topological polar surface area (TPSA) is 50.1 Å². The number of methoxy groups -OCH3 is 1. The highest BCUT2D eigenvalue weighted by Gasteiger charge is 2.11.